The van der Waals surface area contributed by atoms with E-state index in [1.54, 1.807) is 11.3 Å². The molecule has 1 aromatic heterocycles. The first kappa shape index (κ1) is 18.1. The summed E-state index contributed by atoms with van der Waals surface area (Å²) in [5.74, 6) is -0.524. The Morgan fingerprint density at radius 3 is 2.83 bits per heavy atom. The van der Waals surface area contributed by atoms with Crippen molar-refractivity contribution in [3.8, 4) is 11.5 Å². The fraction of sp³-hybridized carbons (Fsp3) is 0.227. The highest BCUT2D eigenvalue weighted by Gasteiger charge is 2.42. The third-order valence-corrected chi connectivity index (χ3v) is 6.03. The minimum Gasteiger partial charge on any atom is -0.490 e. The zero-order valence-electron chi connectivity index (χ0n) is 15.6. The summed E-state index contributed by atoms with van der Waals surface area (Å²) in [6.07, 6.45) is 0.0220. The molecule has 0 bridgehead atoms. The monoisotopic (exact) mass is 412 g/mol. The first-order valence-corrected chi connectivity index (χ1v) is 10.3. The Morgan fingerprint density at radius 2 is 2.07 bits per heavy atom. The van der Waals surface area contributed by atoms with Crippen molar-refractivity contribution in [2.24, 2.45) is 5.10 Å². The predicted octanol–water partition coefficient (Wildman–Crippen LogP) is 5.67. The minimum absolute atomic E-state index is 0.0747. The Labute approximate surface area is 171 Å². The van der Waals surface area contributed by atoms with E-state index in [9.17, 15) is 8.78 Å². The Kier molecular flexibility index (Phi) is 4.47. The van der Waals surface area contributed by atoms with Gasteiger partial charge in [-0.1, -0.05) is 24.3 Å². The molecule has 3 aromatic rings. The van der Waals surface area contributed by atoms with Crippen LogP contribution in [0.15, 0.2) is 59.0 Å². The van der Waals surface area contributed by atoms with E-state index in [4.69, 9.17) is 14.6 Å². The summed E-state index contributed by atoms with van der Waals surface area (Å²) in [6.45, 7) is 2.41. The molecule has 3 heterocycles. The number of fused-ring (bicyclic) bond motifs is 3. The molecule has 5 rings (SSSR count). The third-order valence-electron chi connectivity index (χ3n) is 5.11. The van der Waals surface area contributed by atoms with Crippen molar-refractivity contribution in [2.45, 2.75) is 25.6 Å². The van der Waals surface area contributed by atoms with E-state index < -0.39 is 17.9 Å². The lowest BCUT2D eigenvalue weighted by Gasteiger charge is -2.38. The van der Waals surface area contributed by atoms with Crippen LogP contribution >= 0.6 is 11.3 Å². The Balaban J connectivity index is 1.63. The van der Waals surface area contributed by atoms with Crippen LogP contribution in [-0.4, -0.2) is 17.3 Å². The van der Waals surface area contributed by atoms with Crippen LogP contribution in [0, 0.1) is 11.6 Å². The zero-order valence-corrected chi connectivity index (χ0v) is 16.5. The highest BCUT2D eigenvalue weighted by atomic mass is 32.1. The summed E-state index contributed by atoms with van der Waals surface area (Å²) in [7, 11) is 0. The zero-order chi connectivity index (χ0) is 20.0. The number of ether oxygens (including phenoxy) is 2. The molecular formula is C22H18F2N2O2S. The Hall–Kier alpha value is -2.93. The van der Waals surface area contributed by atoms with Gasteiger partial charge in [0.1, 0.15) is 0 Å². The highest BCUT2D eigenvalue weighted by molar-refractivity contribution is 7.12. The molecule has 2 aliphatic rings. The first-order chi connectivity index (χ1) is 14.2. The van der Waals surface area contributed by atoms with Crippen molar-refractivity contribution >= 4 is 17.0 Å². The van der Waals surface area contributed by atoms with Gasteiger partial charge < -0.3 is 9.47 Å². The number of nitrogens with zero attached hydrogens (tertiary/aromatic N) is 2. The van der Waals surface area contributed by atoms with Crippen LogP contribution in [0.1, 0.15) is 41.6 Å². The van der Waals surface area contributed by atoms with E-state index in [-0.39, 0.29) is 6.04 Å². The van der Waals surface area contributed by atoms with Gasteiger partial charge in [0.05, 0.1) is 23.2 Å². The number of rotatable bonds is 4. The van der Waals surface area contributed by atoms with E-state index in [0.29, 0.717) is 30.1 Å². The van der Waals surface area contributed by atoms with Crippen LogP contribution < -0.4 is 9.47 Å². The third kappa shape index (κ3) is 3.06. The normalized spacial score (nSPS) is 20.0. The van der Waals surface area contributed by atoms with Gasteiger partial charge in [-0.3, -0.25) is 0 Å². The van der Waals surface area contributed by atoms with Crippen LogP contribution in [0.4, 0.5) is 8.78 Å². The van der Waals surface area contributed by atoms with E-state index in [2.05, 4.69) is 0 Å². The van der Waals surface area contributed by atoms with Gasteiger partial charge >= 0.3 is 0 Å². The van der Waals surface area contributed by atoms with Crippen LogP contribution in [0.3, 0.4) is 0 Å². The molecule has 0 saturated carbocycles. The molecule has 29 heavy (non-hydrogen) atoms. The number of hydrogen-bond acceptors (Lipinski definition) is 5. The molecule has 4 nitrogen and oxygen atoms in total. The number of hydrogen-bond donors (Lipinski definition) is 0. The first-order valence-electron chi connectivity index (χ1n) is 9.42. The maximum Gasteiger partial charge on any atom is 0.214 e. The van der Waals surface area contributed by atoms with Gasteiger partial charge in [-0.15, -0.1) is 11.3 Å². The van der Waals surface area contributed by atoms with Crippen molar-refractivity contribution in [3.63, 3.8) is 0 Å². The molecule has 2 aromatic carbocycles. The SMILES string of the molecule is CCOc1cccc2c1O[C@@H](c1ccc(F)c(F)c1)N1N=C(c3cccs3)C[C@@H]21. The van der Waals surface area contributed by atoms with E-state index >= 15 is 0 Å². The summed E-state index contributed by atoms with van der Waals surface area (Å²) < 4.78 is 39.5. The topological polar surface area (TPSA) is 34.1 Å². The van der Waals surface area contributed by atoms with Crippen molar-refractivity contribution < 1.29 is 18.3 Å². The van der Waals surface area contributed by atoms with Crippen LogP contribution in [0.2, 0.25) is 0 Å². The second-order valence-electron chi connectivity index (χ2n) is 6.88. The molecule has 0 spiro atoms. The van der Waals surface area contributed by atoms with E-state index in [1.165, 1.54) is 12.1 Å². The largest absolute Gasteiger partial charge is 0.490 e. The minimum atomic E-state index is -0.909. The molecule has 0 amide bonds. The van der Waals surface area contributed by atoms with Gasteiger partial charge in [0.15, 0.2) is 23.1 Å². The van der Waals surface area contributed by atoms with Gasteiger partial charge in [0.2, 0.25) is 6.23 Å². The lowest BCUT2D eigenvalue weighted by molar-refractivity contribution is -0.0214. The van der Waals surface area contributed by atoms with Gasteiger partial charge in [-0.25, -0.2) is 13.8 Å². The van der Waals surface area contributed by atoms with E-state index in [0.717, 1.165) is 22.2 Å². The molecule has 0 saturated heterocycles. The molecule has 0 fully saturated rings. The molecular weight excluding hydrogens is 394 g/mol. The standard InChI is InChI=1S/C22H18F2N2O2S/c1-2-27-19-6-3-5-14-18-12-17(20-7-4-10-29-20)25-26(18)22(28-21(14)19)13-8-9-15(23)16(24)11-13/h3-11,18,22H,2,12H2,1H3/t18-,22-/m0/s1. The summed E-state index contributed by atoms with van der Waals surface area (Å²) in [4.78, 5) is 1.09. The molecule has 0 radical (unpaired) electrons. The second-order valence-corrected chi connectivity index (χ2v) is 7.82. The van der Waals surface area contributed by atoms with Crippen molar-refractivity contribution in [1.82, 2.24) is 5.01 Å². The molecule has 0 aliphatic carbocycles. The maximum absolute atomic E-state index is 14.0. The molecule has 7 heteroatoms. The smallest absolute Gasteiger partial charge is 0.214 e. The second kappa shape index (κ2) is 7.15. The van der Waals surface area contributed by atoms with Crippen molar-refractivity contribution in [1.29, 1.82) is 0 Å². The highest BCUT2D eigenvalue weighted by Crippen LogP contribution is 2.51. The van der Waals surface area contributed by atoms with Crippen LogP contribution in [-0.2, 0) is 0 Å². The Bertz CT molecular complexity index is 1080. The van der Waals surface area contributed by atoms with Crippen molar-refractivity contribution in [2.75, 3.05) is 6.61 Å². The van der Waals surface area contributed by atoms with E-state index in [1.807, 2.05) is 47.6 Å². The fourth-order valence-corrected chi connectivity index (χ4v) is 4.55. The number of benzene rings is 2. The Morgan fingerprint density at radius 1 is 1.17 bits per heavy atom. The summed E-state index contributed by atoms with van der Waals surface area (Å²) in [5.41, 5.74) is 2.43. The molecule has 0 unspecified atom stereocenters. The van der Waals surface area contributed by atoms with Gasteiger partial charge in [0, 0.05) is 17.5 Å². The summed E-state index contributed by atoms with van der Waals surface area (Å²) >= 11 is 1.63. The lowest BCUT2D eigenvalue weighted by atomic mass is 9.97. The fourth-order valence-electron chi connectivity index (χ4n) is 3.83. The average molecular weight is 412 g/mol. The number of thiophene rings is 1. The van der Waals surface area contributed by atoms with Crippen LogP contribution in [0.25, 0.3) is 0 Å². The molecule has 148 valence electrons. The number of para-hydroxylation sites is 1. The molecule has 2 aliphatic heterocycles. The summed E-state index contributed by atoms with van der Waals surface area (Å²) in [5, 5.41) is 8.68. The lowest BCUT2D eigenvalue weighted by Crippen LogP contribution is -2.34. The van der Waals surface area contributed by atoms with Gasteiger partial charge in [-0.05, 0) is 36.6 Å². The van der Waals surface area contributed by atoms with Gasteiger partial charge in [0.25, 0.3) is 0 Å². The quantitative estimate of drug-likeness (QED) is 0.554. The van der Waals surface area contributed by atoms with Gasteiger partial charge in [-0.2, -0.15) is 5.10 Å². The van der Waals surface area contributed by atoms with Crippen LogP contribution in [0.5, 0.6) is 11.5 Å². The predicted molar refractivity (Wildman–Crippen MR) is 107 cm³/mol. The number of hydrazone groups is 1. The maximum atomic E-state index is 14.0. The van der Waals surface area contributed by atoms with Crippen molar-refractivity contribution in [3.05, 3.63) is 81.5 Å². The number of halogens is 2. The summed E-state index contributed by atoms with van der Waals surface area (Å²) in [6, 6.07) is 13.6. The average Bonchev–Trinajstić information content (AvgIpc) is 3.40. The molecule has 2 atom stereocenters. The molecule has 0 N–H and O–H groups in total.